The number of halogens is 5. The lowest BCUT2D eigenvalue weighted by molar-refractivity contribution is -0.274. The van der Waals surface area contributed by atoms with Crippen molar-refractivity contribution in [2.24, 2.45) is 0 Å². The van der Waals surface area contributed by atoms with Crippen LogP contribution in [0.15, 0.2) is 40.9 Å². The SMILES string of the molecule is FC(F)(F)Oc1ccc(OCCn2c(N3CCCC3)nc3c(Cl)cc(Br)cc32)cc1. The lowest BCUT2D eigenvalue weighted by Gasteiger charge is -2.19. The number of hydrogen-bond donors (Lipinski definition) is 0. The molecule has 0 unspecified atom stereocenters. The Kier molecular flexibility index (Phi) is 6.02. The van der Waals surface area contributed by atoms with Crippen molar-refractivity contribution in [3.63, 3.8) is 0 Å². The Morgan fingerprint density at radius 2 is 1.73 bits per heavy atom. The standard InChI is InChI=1S/C20H18BrClF3N3O2/c21-13-11-16(22)18-17(12-13)28(19(26-18)27-7-1-2-8-27)9-10-29-14-3-5-15(6-4-14)30-20(23,24)25/h3-6,11-12H,1-2,7-10H2. The number of alkyl halides is 3. The summed E-state index contributed by atoms with van der Waals surface area (Å²) in [4.78, 5) is 6.99. The molecular formula is C20H18BrClF3N3O2. The minimum atomic E-state index is -4.72. The highest BCUT2D eigenvalue weighted by atomic mass is 79.9. The van der Waals surface area contributed by atoms with Crippen LogP contribution < -0.4 is 14.4 Å². The van der Waals surface area contributed by atoms with Crippen molar-refractivity contribution in [2.45, 2.75) is 25.7 Å². The zero-order chi connectivity index (χ0) is 21.3. The van der Waals surface area contributed by atoms with Gasteiger partial charge in [-0.15, -0.1) is 13.2 Å². The van der Waals surface area contributed by atoms with E-state index in [0.717, 1.165) is 47.4 Å². The largest absolute Gasteiger partial charge is 0.573 e. The maximum absolute atomic E-state index is 12.3. The Morgan fingerprint density at radius 1 is 1.07 bits per heavy atom. The first-order chi connectivity index (χ1) is 14.3. The van der Waals surface area contributed by atoms with Crippen LogP contribution in [-0.2, 0) is 6.54 Å². The summed E-state index contributed by atoms with van der Waals surface area (Å²) in [6.07, 6.45) is -2.49. The molecular weight excluding hydrogens is 487 g/mol. The highest BCUT2D eigenvalue weighted by Gasteiger charge is 2.31. The summed E-state index contributed by atoms with van der Waals surface area (Å²) < 4.78 is 49.4. The summed E-state index contributed by atoms with van der Waals surface area (Å²) in [6, 6.07) is 9.13. The zero-order valence-electron chi connectivity index (χ0n) is 15.8. The molecule has 0 saturated carbocycles. The first-order valence-corrected chi connectivity index (χ1v) is 10.6. The van der Waals surface area contributed by atoms with Crippen LogP contribution in [-0.4, -0.2) is 35.6 Å². The summed E-state index contributed by atoms with van der Waals surface area (Å²) in [5, 5.41) is 0.569. The molecule has 2 heterocycles. The molecule has 5 nitrogen and oxygen atoms in total. The second-order valence-corrected chi connectivity index (χ2v) is 8.20. The predicted molar refractivity (Wildman–Crippen MR) is 113 cm³/mol. The van der Waals surface area contributed by atoms with E-state index in [1.54, 1.807) is 0 Å². The molecule has 3 aromatic rings. The van der Waals surface area contributed by atoms with Gasteiger partial charge in [-0.05, 0) is 49.2 Å². The number of anilines is 1. The molecule has 160 valence electrons. The van der Waals surface area contributed by atoms with Crippen molar-refractivity contribution in [1.82, 2.24) is 9.55 Å². The van der Waals surface area contributed by atoms with Gasteiger partial charge in [-0.2, -0.15) is 0 Å². The van der Waals surface area contributed by atoms with Gasteiger partial charge in [-0.3, -0.25) is 0 Å². The maximum atomic E-state index is 12.3. The van der Waals surface area contributed by atoms with Crippen LogP contribution in [0.3, 0.4) is 0 Å². The fourth-order valence-electron chi connectivity index (χ4n) is 3.51. The number of nitrogens with zero attached hydrogens (tertiary/aromatic N) is 3. The average Bonchev–Trinajstić information content (AvgIpc) is 3.30. The first-order valence-electron chi connectivity index (χ1n) is 9.39. The van der Waals surface area contributed by atoms with Crippen LogP contribution in [0.1, 0.15) is 12.8 Å². The third-order valence-electron chi connectivity index (χ3n) is 4.78. The number of fused-ring (bicyclic) bond motifs is 1. The number of aromatic nitrogens is 2. The molecule has 30 heavy (non-hydrogen) atoms. The summed E-state index contributed by atoms with van der Waals surface area (Å²) in [5.41, 5.74) is 1.63. The van der Waals surface area contributed by atoms with Gasteiger partial charge in [0.25, 0.3) is 0 Å². The summed E-state index contributed by atoms with van der Waals surface area (Å²) in [7, 11) is 0. The third-order valence-corrected chi connectivity index (χ3v) is 5.53. The van der Waals surface area contributed by atoms with Crippen LogP contribution in [0.25, 0.3) is 11.0 Å². The van der Waals surface area contributed by atoms with Gasteiger partial charge in [-0.25, -0.2) is 4.98 Å². The molecule has 10 heteroatoms. The average molecular weight is 505 g/mol. The van der Waals surface area contributed by atoms with Crippen molar-refractivity contribution in [3.8, 4) is 11.5 Å². The van der Waals surface area contributed by atoms with Crippen LogP contribution in [0.2, 0.25) is 5.02 Å². The van der Waals surface area contributed by atoms with Crippen LogP contribution in [0.5, 0.6) is 11.5 Å². The monoisotopic (exact) mass is 503 g/mol. The molecule has 4 rings (SSSR count). The fourth-order valence-corrected chi connectivity index (χ4v) is 4.34. The lowest BCUT2D eigenvalue weighted by Crippen LogP contribution is -2.23. The summed E-state index contributed by atoms with van der Waals surface area (Å²) >= 11 is 9.88. The van der Waals surface area contributed by atoms with E-state index in [0.29, 0.717) is 23.9 Å². The van der Waals surface area contributed by atoms with E-state index in [2.05, 4.69) is 30.1 Å². The molecule has 1 aromatic heterocycles. The smallest absolute Gasteiger partial charge is 0.492 e. The Balaban J connectivity index is 1.51. The van der Waals surface area contributed by atoms with Gasteiger partial charge in [0.2, 0.25) is 5.95 Å². The van der Waals surface area contributed by atoms with E-state index < -0.39 is 6.36 Å². The van der Waals surface area contributed by atoms with Crippen molar-refractivity contribution in [1.29, 1.82) is 0 Å². The van der Waals surface area contributed by atoms with E-state index in [-0.39, 0.29) is 5.75 Å². The highest BCUT2D eigenvalue weighted by Crippen LogP contribution is 2.32. The molecule has 2 aromatic carbocycles. The van der Waals surface area contributed by atoms with Crippen LogP contribution >= 0.6 is 27.5 Å². The molecule has 0 N–H and O–H groups in total. The van der Waals surface area contributed by atoms with Gasteiger partial charge in [0, 0.05) is 17.6 Å². The molecule has 1 fully saturated rings. The Bertz CT molecular complexity index is 1030. The quantitative estimate of drug-likeness (QED) is 0.411. The normalized spacial score (nSPS) is 14.5. The molecule has 0 amide bonds. The van der Waals surface area contributed by atoms with Crippen LogP contribution in [0, 0.1) is 0 Å². The van der Waals surface area contributed by atoms with Crippen molar-refractivity contribution < 1.29 is 22.6 Å². The second kappa shape index (κ2) is 8.55. The Hall–Kier alpha value is -2.13. The number of ether oxygens (including phenoxy) is 2. The number of imidazole rings is 1. The first kappa shape index (κ1) is 21.1. The summed E-state index contributed by atoms with van der Waals surface area (Å²) in [6.45, 7) is 2.69. The predicted octanol–water partition coefficient (Wildman–Crippen LogP) is 6.03. The minimum Gasteiger partial charge on any atom is -0.492 e. The highest BCUT2D eigenvalue weighted by molar-refractivity contribution is 9.10. The molecule has 0 radical (unpaired) electrons. The van der Waals surface area contributed by atoms with E-state index >= 15 is 0 Å². The molecule has 0 aliphatic carbocycles. The number of benzene rings is 2. The van der Waals surface area contributed by atoms with E-state index in [9.17, 15) is 13.2 Å². The molecule has 1 aliphatic heterocycles. The van der Waals surface area contributed by atoms with Gasteiger partial charge in [-0.1, -0.05) is 27.5 Å². The molecule has 0 spiro atoms. The van der Waals surface area contributed by atoms with Crippen molar-refractivity contribution in [2.75, 3.05) is 24.6 Å². The van der Waals surface area contributed by atoms with Crippen molar-refractivity contribution >= 4 is 44.5 Å². The van der Waals surface area contributed by atoms with Gasteiger partial charge in [0.05, 0.1) is 17.1 Å². The number of hydrogen-bond acceptors (Lipinski definition) is 4. The van der Waals surface area contributed by atoms with Gasteiger partial charge < -0.3 is 18.9 Å². The Labute approximate surface area is 184 Å². The van der Waals surface area contributed by atoms with E-state index in [4.69, 9.17) is 21.3 Å². The number of rotatable bonds is 6. The van der Waals surface area contributed by atoms with E-state index in [1.165, 1.54) is 24.3 Å². The molecule has 0 atom stereocenters. The molecule has 1 aliphatic rings. The van der Waals surface area contributed by atoms with Gasteiger partial charge in [0.1, 0.15) is 23.6 Å². The Morgan fingerprint density at radius 3 is 2.40 bits per heavy atom. The fraction of sp³-hybridized carbons (Fsp3) is 0.350. The van der Waals surface area contributed by atoms with Gasteiger partial charge in [0.15, 0.2) is 0 Å². The lowest BCUT2D eigenvalue weighted by atomic mass is 10.3. The van der Waals surface area contributed by atoms with E-state index in [1.807, 2.05) is 12.1 Å². The molecule has 0 bridgehead atoms. The molecule has 1 saturated heterocycles. The maximum Gasteiger partial charge on any atom is 0.573 e. The third kappa shape index (κ3) is 4.78. The van der Waals surface area contributed by atoms with Crippen LogP contribution in [0.4, 0.5) is 19.1 Å². The second-order valence-electron chi connectivity index (χ2n) is 6.88. The summed E-state index contributed by atoms with van der Waals surface area (Å²) in [5.74, 6) is 1.02. The van der Waals surface area contributed by atoms with Crippen molar-refractivity contribution in [3.05, 3.63) is 45.9 Å². The topological polar surface area (TPSA) is 39.5 Å². The van der Waals surface area contributed by atoms with Gasteiger partial charge >= 0.3 is 6.36 Å². The minimum absolute atomic E-state index is 0.286. The zero-order valence-corrected chi connectivity index (χ0v) is 18.1.